The zero-order valence-electron chi connectivity index (χ0n) is 13.3. The van der Waals surface area contributed by atoms with Crippen molar-refractivity contribution >= 4 is 5.97 Å². The smallest absolute Gasteiger partial charge is 0.343 e. The Morgan fingerprint density at radius 2 is 2.00 bits per heavy atom. The lowest BCUT2D eigenvalue weighted by Gasteiger charge is -2.12. The zero-order valence-corrected chi connectivity index (χ0v) is 13.3. The summed E-state index contributed by atoms with van der Waals surface area (Å²) < 4.78 is 18.8. The molecule has 23 heavy (non-hydrogen) atoms. The summed E-state index contributed by atoms with van der Waals surface area (Å²) in [4.78, 5) is 12.1. The number of rotatable bonds is 6. The summed E-state index contributed by atoms with van der Waals surface area (Å²) in [5, 5.41) is 8.73. The highest BCUT2D eigenvalue weighted by molar-refractivity contribution is 5.90. The van der Waals surface area contributed by atoms with Crippen molar-refractivity contribution in [2.24, 2.45) is 0 Å². The second kappa shape index (κ2) is 8.28. The SMILES string of the molecule is CCCCCc1ccc(C(=O)OC2=CC(F)=C(C#N)CC2)cc1. The van der Waals surface area contributed by atoms with Gasteiger partial charge in [0.25, 0.3) is 0 Å². The molecule has 0 radical (unpaired) electrons. The molecule has 0 atom stereocenters. The van der Waals surface area contributed by atoms with Crippen molar-refractivity contribution in [3.8, 4) is 6.07 Å². The molecule has 0 fully saturated rings. The Kier molecular flexibility index (Phi) is 6.10. The van der Waals surface area contributed by atoms with Crippen LogP contribution >= 0.6 is 0 Å². The van der Waals surface area contributed by atoms with E-state index in [9.17, 15) is 9.18 Å². The number of benzene rings is 1. The molecule has 0 amide bonds. The molecule has 0 saturated heterocycles. The first-order valence-corrected chi connectivity index (χ1v) is 7.94. The number of unbranched alkanes of at least 4 members (excludes halogenated alkanes) is 2. The Bertz CT molecular complexity index is 666. The second-order valence-electron chi connectivity index (χ2n) is 5.59. The molecule has 0 spiro atoms. The van der Waals surface area contributed by atoms with Crippen LogP contribution in [0, 0.1) is 11.3 Å². The third-order valence-corrected chi connectivity index (χ3v) is 3.81. The van der Waals surface area contributed by atoms with Crippen LogP contribution in [0.25, 0.3) is 0 Å². The predicted octanol–water partition coefficient (Wildman–Crippen LogP) is 5.00. The number of hydrogen-bond donors (Lipinski definition) is 0. The lowest BCUT2D eigenvalue weighted by molar-refractivity contribution is 0.0612. The van der Waals surface area contributed by atoms with E-state index in [0.29, 0.717) is 12.0 Å². The Morgan fingerprint density at radius 3 is 2.61 bits per heavy atom. The Labute approximate surface area is 136 Å². The molecule has 3 nitrogen and oxygen atoms in total. The van der Waals surface area contributed by atoms with Gasteiger partial charge < -0.3 is 4.74 Å². The van der Waals surface area contributed by atoms with Crippen molar-refractivity contribution < 1.29 is 13.9 Å². The standard InChI is InChI=1S/C19H20FNO2/c1-2-3-4-5-14-6-8-15(9-7-14)19(22)23-17-11-10-16(13-21)18(20)12-17/h6-9,12H,2-5,10-11H2,1H3. The molecule has 1 aliphatic carbocycles. The van der Waals surface area contributed by atoms with Crippen molar-refractivity contribution in [3.05, 3.63) is 58.6 Å². The van der Waals surface area contributed by atoms with Crippen LogP contribution in [0.3, 0.4) is 0 Å². The number of nitriles is 1. The normalized spacial score (nSPS) is 14.2. The minimum atomic E-state index is -0.618. The first kappa shape index (κ1) is 17.0. The van der Waals surface area contributed by atoms with Crippen LogP contribution in [0.2, 0.25) is 0 Å². The van der Waals surface area contributed by atoms with Gasteiger partial charge in [-0.1, -0.05) is 31.9 Å². The third kappa shape index (κ3) is 4.79. The molecule has 0 unspecified atom stereocenters. The van der Waals surface area contributed by atoms with Crippen molar-refractivity contribution in [2.75, 3.05) is 0 Å². The highest BCUT2D eigenvalue weighted by atomic mass is 19.1. The van der Waals surface area contributed by atoms with E-state index < -0.39 is 11.8 Å². The molecule has 2 rings (SSSR count). The molecule has 0 saturated carbocycles. The minimum Gasteiger partial charge on any atom is -0.427 e. The summed E-state index contributed by atoms with van der Waals surface area (Å²) in [5.74, 6) is -0.851. The maximum absolute atomic E-state index is 13.5. The van der Waals surface area contributed by atoms with Crippen molar-refractivity contribution in [1.29, 1.82) is 5.26 Å². The number of halogens is 1. The number of carbonyl (C=O) groups is 1. The summed E-state index contributed by atoms with van der Waals surface area (Å²) in [5.41, 5.74) is 1.74. The molecule has 0 heterocycles. The summed E-state index contributed by atoms with van der Waals surface area (Å²) in [6, 6.07) is 9.13. The summed E-state index contributed by atoms with van der Waals surface area (Å²) in [7, 11) is 0. The number of nitrogens with zero attached hydrogens (tertiary/aromatic N) is 1. The van der Waals surface area contributed by atoms with E-state index in [4.69, 9.17) is 10.00 Å². The topological polar surface area (TPSA) is 50.1 Å². The van der Waals surface area contributed by atoms with E-state index in [1.807, 2.05) is 12.1 Å². The molecule has 1 aliphatic rings. The maximum Gasteiger partial charge on any atom is 0.343 e. The largest absolute Gasteiger partial charge is 0.427 e. The fraction of sp³-hybridized carbons (Fsp3) is 0.368. The number of carbonyl (C=O) groups excluding carboxylic acids is 1. The predicted molar refractivity (Wildman–Crippen MR) is 86.2 cm³/mol. The van der Waals surface area contributed by atoms with Crippen molar-refractivity contribution in [1.82, 2.24) is 0 Å². The fourth-order valence-corrected chi connectivity index (χ4v) is 2.42. The number of aryl methyl sites for hydroxylation is 1. The quantitative estimate of drug-likeness (QED) is 0.548. The van der Waals surface area contributed by atoms with Gasteiger partial charge in [0.05, 0.1) is 17.2 Å². The molecule has 1 aromatic carbocycles. The van der Waals surface area contributed by atoms with E-state index in [-0.39, 0.29) is 17.8 Å². The number of esters is 1. The van der Waals surface area contributed by atoms with Gasteiger partial charge in [0.1, 0.15) is 11.6 Å². The molecule has 0 aromatic heterocycles. The molecule has 4 heteroatoms. The van der Waals surface area contributed by atoms with Gasteiger partial charge in [-0.05, 0) is 37.0 Å². The summed E-state index contributed by atoms with van der Waals surface area (Å²) in [6.45, 7) is 2.16. The number of allylic oxidation sites excluding steroid dienone is 4. The van der Waals surface area contributed by atoms with Gasteiger partial charge in [0.15, 0.2) is 0 Å². The van der Waals surface area contributed by atoms with Crippen LogP contribution in [-0.4, -0.2) is 5.97 Å². The molecular formula is C19H20FNO2. The van der Waals surface area contributed by atoms with Crippen molar-refractivity contribution in [2.45, 2.75) is 45.4 Å². The maximum atomic E-state index is 13.5. The highest BCUT2D eigenvalue weighted by Crippen LogP contribution is 2.25. The Balaban J connectivity index is 1.96. The van der Waals surface area contributed by atoms with Gasteiger partial charge in [0, 0.05) is 12.5 Å². The van der Waals surface area contributed by atoms with Gasteiger partial charge in [0.2, 0.25) is 0 Å². The summed E-state index contributed by atoms with van der Waals surface area (Å²) in [6.07, 6.45) is 6.26. The fourth-order valence-electron chi connectivity index (χ4n) is 2.42. The van der Waals surface area contributed by atoms with Crippen LogP contribution in [0.4, 0.5) is 4.39 Å². The Hall–Kier alpha value is -2.41. The zero-order chi connectivity index (χ0) is 16.7. The minimum absolute atomic E-state index is 0.0984. The van der Waals surface area contributed by atoms with E-state index in [0.717, 1.165) is 18.9 Å². The Morgan fingerprint density at radius 1 is 1.26 bits per heavy atom. The highest BCUT2D eigenvalue weighted by Gasteiger charge is 2.17. The monoisotopic (exact) mass is 313 g/mol. The van der Waals surface area contributed by atoms with E-state index in [1.54, 1.807) is 18.2 Å². The van der Waals surface area contributed by atoms with Gasteiger partial charge in [-0.15, -0.1) is 0 Å². The van der Waals surface area contributed by atoms with Crippen LogP contribution in [0.5, 0.6) is 0 Å². The van der Waals surface area contributed by atoms with Crippen LogP contribution in [-0.2, 0) is 11.2 Å². The van der Waals surface area contributed by atoms with Crippen LogP contribution in [0.15, 0.2) is 47.5 Å². The van der Waals surface area contributed by atoms with Crippen LogP contribution < -0.4 is 0 Å². The van der Waals surface area contributed by atoms with E-state index in [1.165, 1.54) is 18.4 Å². The second-order valence-corrected chi connectivity index (χ2v) is 5.59. The third-order valence-electron chi connectivity index (χ3n) is 3.81. The van der Waals surface area contributed by atoms with Gasteiger partial charge in [-0.3, -0.25) is 0 Å². The lowest BCUT2D eigenvalue weighted by Crippen LogP contribution is -2.08. The lowest BCUT2D eigenvalue weighted by atomic mass is 10.0. The molecule has 120 valence electrons. The van der Waals surface area contributed by atoms with E-state index in [2.05, 4.69) is 6.92 Å². The number of ether oxygens (including phenoxy) is 1. The van der Waals surface area contributed by atoms with Gasteiger partial charge in [-0.25, -0.2) is 9.18 Å². The van der Waals surface area contributed by atoms with Gasteiger partial charge >= 0.3 is 5.97 Å². The van der Waals surface area contributed by atoms with Gasteiger partial charge in [-0.2, -0.15) is 5.26 Å². The first-order chi connectivity index (χ1) is 11.1. The molecule has 0 aliphatic heterocycles. The number of hydrogen-bond acceptors (Lipinski definition) is 3. The molecule has 0 N–H and O–H groups in total. The average Bonchev–Trinajstić information content (AvgIpc) is 2.56. The summed E-state index contributed by atoms with van der Waals surface area (Å²) >= 11 is 0. The first-order valence-electron chi connectivity index (χ1n) is 7.94. The van der Waals surface area contributed by atoms with Crippen molar-refractivity contribution in [3.63, 3.8) is 0 Å². The molecule has 0 bridgehead atoms. The van der Waals surface area contributed by atoms with Crippen LogP contribution in [0.1, 0.15) is 54.9 Å². The van der Waals surface area contributed by atoms with E-state index >= 15 is 0 Å². The molecule has 1 aromatic rings. The molecular weight excluding hydrogens is 293 g/mol. The average molecular weight is 313 g/mol.